The van der Waals surface area contributed by atoms with Gasteiger partial charge in [-0.25, -0.2) is 0 Å². The normalized spacial score (nSPS) is 26.7. The molecule has 0 N–H and O–H groups in total. The Morgan fingerprint density at radius 3 is 2.92 bits per heavy atom. The topological polar surface area (TPSA) is 48.0 Å². The van der Waals surface area contributed by atoms with E-state index in [1.807, 2.05) is 30.0 Å². The van der Waals surface area contributed by atoms with Crippen LogP contribution >= 0.6 is 0 Å². The van der Waals surface area contributed by atoms with Gasteiger partial charge in [-0.15, -0.1) is 0 Å². The maximum atomic E-state index is 13.0. The molecule has 25 heavy (non-hydrogen) atoms. The van der Waals surface area contributed by atoms with Crippen molar-refractivity contribution in [3.63, 3.8) is 0 Å². The molecule has 1 saturated carbocycles. The molecule has 2 aliphatic rings. The van der Waals surface area contributed by atoms with Crippen molar-refractivity contribution in [3.05, 3.63) is 29.3 Å². The van der Waals surface area contributed by atoms with Crippen LogP contribution in [0.15, 0.2) is 18.2 Å². The van der Waals surface area contributed by atoms with E-state index in [1.165, 1.54) is 0 Å². The molecule has 1 heterocycles. The third-order valence-corrected chi connectivity index (χ3v) is 5.61. The Hall–Kier alpha value is -1.59. The first-order chi connectivity index (χ1) is 12.1. The van der Waals surface area contributed by atoms with E-state index in [0.29, 0.717) is 32.1 Å². The second-order valence-electron chi connectivity index (χ2n) is 7.08. The number of hydrogen-bond acceptors (Lipinski definition) is 4. The summed E-state index contributed by atoms with van der Waals surface area (Å²) in [6, 6.07) is 6.12. The van der Waals surface area contributed by atoms with Gasteiger partial charge >= 0.3 is 0 Å². The molecule has 5 heteroatoms. The van der Waals surface area contributed by atoms with Gasteiger partial charge < -0.3 is 19.1 Å². The maximum Gasteiger partial charge on any atom is 0.227 e. The number of nitrogens with zero attached hydrogens (tertiary/aromatic N) is 1. The predicted octanol–water partition coefficient (Wildman–Crippen LogP) is 2.59. The Bertz CT molecular complexity index is 603. The summed E-state index contributed by atoms with van der Waals surface area (Å²) in [4.78, 5) is 15.0. The summed E-state index contributed by atoms with van der Waals surface area (Å²) in [5.74, 6) is 1.38. The highest BCUT2D eigenvalue weighted by atomic mass is 16.5. The zero-order valence-electron chi connectivity index (χ0n) is 15.5. The largest absolute Gasteiger partial charge is 0.496 e. The van der Waals surface area contributed by atoms with Crippen LogP contribution in [0.4, 0.5) is 0 Å². The summed E-state index contributed by atoms with van der Waals surface area (Å²) in [7, 11) is 3.44. The minimum Gasteiger partial charge on any atom is -0.496 e. The van der Waals surface area contributed by atoms with Crippen molar-refractivity contribution in [1.82, 2.24) is 4.90 Å². The number of carbonyl (C=O) groups excluding carboxylic acids is 1. The van der Waals surface area contributed by atoms with Crippen molar-refractivity contribution in [2.75, 3.05) is 34.0 Å². The lowest BCUT2D eigenvalue weighted by Gasteiger charge is -2.40. The Kier molecular flexibility index (Phi) is 5.97. The van der Waals surface area contributed by atoms with Crippen molar-refractivity contribution < 1.29 is 19.0 Å². The molecule has 0 spiro atoms. The number of carbonyl (C=O) groups is 1. The van der Waals surface area contributed by atoms with E-state index in [4.69, 9.17) is 14.2 Å². The van der Waals surface area contributed by atoms with E-state index in [1.54, 1.807) is 14.2 Å². The first-order valence-corrected chi connectivity index (χ1v) is 9.17. The zero-order chi connectivity index (χ0) is 17.8. The average Bonchev–Trinajstić information content (AvgIpc) is 3.11. The van der Waals surface area contributed by atoms with Crippen LogP contribution in [0.2, 0.25) is 0 Å². The van der Waals surface area contributed by atoms with Crippen molar-refractivity contribution in [2.24, 2.45) is 5.92 Å². The van der Waals surface area contributed by atoms with Crippen LogP contribution in [0, 0.1) is 12.8 Å². The number of morpholine rings is 1. The minimum atomic E-state index is 0.126. The van der Waals surface area contributed by atoms with Gasteiger partial charge in [-0.1, -0.05) is 18.6 Å². The number of methoxy groups -OCH3 is 2. The molecule has 1 saturated heterocycles. The molecule has 0 bridgehead atoms. The SMILES string of the molecule is COc1cc(CC(=O)N2CCOC[C@@H]2[C@@H]2CCC[C@H]2OC)ccc1C. The molecule has 5 nitrogen and oxygen atoms in total. The molecule has 2 fully saturated rings. The fourth-order valence-corrected chi connectivity index (χ4v) is 4.23. The summed E-state index contributed by atoms with van der Waals surface area (Å²) in [5.41, 5.74) is 2.07. The monoisotopic (exact) mass is 347 g/mol. The molecule has 0 aromatic heterocycles. The third kappa shape index (κ3) is 3.98. The highest BCUT2D eigenvalue weighted by Crippen LogP contribution is 2.34. The van der Waals surface area contributed by atoms with Gasteiger partial charge in [0.05, 0.1) is 38.9 Å². The summed E-state index contributed by atoms with van der Waals surface area (Å²) in [5, 5.41) is 0. The fourth-order valence-electron chi connectivity index (χ4n) is 4.23. The van der Waals surface area contributed by atoms with E-state index in [9.17, 15) is 4.79 Å². The van der Waals surface area contributed by atoms with Crippen molar-refractivity contribution in [2.45, 2.75) is 44.8 Å². The van der Waals surface area contributed by atoms with E-state index < -0.39 is 0 Å². The number of ether oxygens (including phenoxy) is 3. The lowest BCUT2D eigenvalue weighted by molar-refractivity contribution is -0.143. The average molecular weight is 347 g/mol. The second kappa shape index (κ2) is 8.19. The van der Waals surface area contributed by atoms with Gasteiger partial charge in [0, 0.05) is 19.6 Å². The Labute approximate surface area is 150 Å². The lowest BCUT2D eigenvalue weighted by Crippen LogP contribution is -2.54. The third-order valence-electron chi connectivity index (χ3n) is 5.61. The van der Waals surface area contributed by atoms with E-state index in [0.717, 1.165) is 36.1 Å². The van der Waals surface area contributed by atoms with Crippen LogP contribution in [-0.4, -0.2) is 56.9 Å². The summed E-state index contributed by atoms with van der Waals surface area (Å²) >= 11 is 0. The number of rotatable bonds is 5. The van der Waals surface area contributed by atoms with E-state index >= 15 is 0 Å². The van der Waals surface area contributed by atoms with Crippen LogP contribution < -0.4 is 4.74 Å². The van der Waals surface area contributed by atoms with E-state index in [2.05, 4.69) is 0 Å². The summed E-state index contributed by atoms with van der Waals surface area (Å²) < 4.78 is 16.7. The highest BCUT2D eigenvalue weighted by molar-refractivity contribution is 5.79. The molecule has 138 valence electrons. The highest BCUT2D eigenvalue weighted by Gasteiger charge is 2.40. The van der Waals surface area contributed by atoms with Gasteiger partial charge in [0.25, 0.3) is 0 Å². The van der Waals surface area contributed by atoms with Crippen molar-refractivity contribution >= 4 is 5.91 Å². The molecule has 1 aromatic carbocycles. The van der Waals surface area contributed by atoms with Crippen LogP contribution in [0.3, 0.4) is 0 Å². The molecule has 1 aliphatic carbocycles. The van der Waals surface area contributed by atoms with Gasteiger partial charge in [0.15, 0.2) is 0 Å². The molecule has 1 aliphatic heterocycles. The predicted molar refractivity (Wildman–Crippen MR) is 95.9 cm³/mol. The Balaban J connectivity index is 1.72. The van der Waals surface area contributed by atoms with Gasteiger partial charge in [0.1, 0.15) is 5.75 Å². The van der Waals surface area contributed by atoms with Gasteiger partial charge in [-0.3, -0.25) is 4.79 Å². The fraction of sp³-hybridized carbons (Fsp3) is 0.650. The quantitative estimate of drug-likeness (QED) is 0.821. The molecule has 3 rings (SSSR count). The first kappa shape index (κ1) is 18.2. The van der Waals surface area contributed by atoms with Gasteiger partial charge in [-0.2, -0.15) is 0 Å². The zero-order valence-corrected chi connectivity index (χ0v) is 15.5. The Morgan fingerprint density at radius 1 is 1.32 bits per heavy atom. The molecule has 3 atom stereocenters. The van der Waals surface area contributed by atoms with Gasteiger partial charge in [0.2, 0.25) is 5.91 Å². The molecule has 0 radical (unpaired) electrons. The molecule has 0 unspecified atom stereocenters. The van der Waals surface area contributed by atoms with Gasteiger partial charge in [-0.05, 0) is 37.0 Å². The molecular weight excluding hydrogens is 318 g/mol. The maximum absolute atomic E-state index is 13.0. The summed E-state index contributed by atoms with van der Waals surface area (Å²) in [6.07, 6.45) is 3.99. The van der Waals surface area contributed by atoms with Crippen LogP contribution in [0.25, 0.3) is 0 Å². The standard InChI is InChI=1S/C20H29NO4/c1-14-7-8-15(11-19(14)24-3)12-20(22)21-9-10-25-13-17(21)16-5-4-6-18(16)23-2/h7-8,11,16-18H,4-6,9-10,12-13H2,1-3H3/t16-,17+,18+/m0/s1. The second-order valence-corrected chi connectivity index (χ2v) is 7.08. The summed E-state index contributed by atoms with van der Waals surface area (Å²) in [6.45, 7) is 3.91. The van der Waals surface area contributed by atoms with Crippen LogP contribution in [0.1, 0.15) is 30.4 Å². The number of hydrogen-bond donors (Lipinski definition) is 0. The molecule has 1 amide bonds. The van der Waals surface area contributed by atoms with Crippen LogP contribution in [0.5, 0.6) is 5.75 Å². The Morgan fingerprint density at radius 2 is 2.16 bits per heavy atom. The number of benzene rings is 1. The van der Waals surface area contributed by atoms with E-state index in [-0.39, 0.29) is 18.1 Å². The number of aryl methyl sites for hydroxylation is 1. The molecular formula is C20H29NO4. The van der Waals surface area contributed by atoms with Crippen LogP contribution in [-0.2, 0) is 20.7 Å². The molecule has 1 aromatic rings. The smallest absolute Gasteiger partial charge is 0.227 e. The van der Waals surface area contributed by atoms with Crippen molar-refractivity contribution in [1.29, 1.82) is 0 Å². The first-order valence-electron chi connectivity index (χ1n) is 9.17. The lowest BCUT2D eigenvalue weighted by atomic mass is 9.93. The van der Waals surface area contributed by atoms with Crippen molar-refractivity contribution in [3.8, 4) is 5.75 Å². The number of amides is 1. The minimum absolute atomic E-state index is 0.126.